The minimum absolute atomic E-state index is 0.307. The van der Waals surface area contributed by atoms with E-state index in [0.29, 0.717) is 5.95 Å². The molecule has 0 aromatic carbocycles. The molecule has 4 heteroatoms. The minimum atomic E-state index is 0.307. The van der Waals surface area contributed by atoms with Gasteiger partial charge in [0.05, 0.1) is 0 Å². The van der Waals surface area contributed by atoms with E-state index in [1.165, 1.54) is 0 Å². The lowest BCUT2D eigenvalue weighted by Gasteiger charge is -2.05. The van der Waals surface area contributed by atoms with Gasteiger partial charge >= 0.3 is 0 Å². The number of unbranched alkanes of at least 4 members (excludes halogenated alkanes) is 2. The zero-order chi connectivity index (χ0) is 11.1. The van der Waals surface area contributed by atoms with Crippen molar-refractivity contribution >= 4 is 11.8 Å². The monoisotopic (exact) mass is 204 g/mol. The summed E-state index contributed by atoms with van der Waals surface area (Å²) in [6.45, 7) is 2.75. The third-order valence-corrected chi connectivity index (χ3v) is 1.93. The second kappa shape index (κ2) is 5.86. The molecular formula is C11H16N4. The average Bonchev–Trinajstić information content (AvgIpc) is 2.16. The standard InChI is InChI=1S/C11H16N4/c1-3-4-5-6-7-13-10-8-9(2)14-11(12)15-10/h1,8H,4-7H2,2H3,(H3,12,13,14,15). The number of terminal acetylenes is 1. The predicted octanol–water partition coefficient (Wildman–Crippen LogP) is 1.58. The van der Waals surface area contributed by atoms with Gasteiger partial charge in [-0.15, -0.1) is 12.3 Å². The maximum absolute atomic E-state index is 5.52. The molecule has 1 aromatic rings. The number of nitrogens with zero attached hydrogens (tertiary/aromatic N) is 2. The zero-order valence-corrected chi connectivity index (χ0v) is 8.95. The molecule has 0 aliphatic heterocycles. The highest BCUT2D eigenvalue weighted by atomic mass is 15.1. The Balaban J connectivity index is 2.34. The summed E-state index contributed by atoms with van der Waals surface area (Å²) in [6, 6.07) is 1.87. The Labute approximate surface area is 90.3 Å². The van der Waals surface area contributed by atoms with Gasteiger partial charge in [0.15, 0.2) is 0 Å². The van der Waals surface area contributed by atoms with Gasteiger partial charge in [-0.2, -0.15) is 4.98 Å². The molecule has 0 amide bonds. The maximum atomic E-state index is 5.52. The van der Waals surface area contributed by atoms with Crippen LogP contribution in [0.5, 0.6) is 0 Å². The summed E-state index contributed by atoms with van der Waals surface area (Å²) in [7, 11) is 0. The van der Waals surface area contributed by atoms with Crippen LogP contribution in [0.15, 0.2) is 6.07 Å². The van der Waals surface area contributed by atoms with Crippen LogP contribution in [0, 0.1) is 19.3 Å². The number of rotatable bonds is 5. The van der Waals surface area contributed by atoms with Crippen LogP contribution in [0.3, 0.4) is 0 Å². The Morgan fingerprint density at radius 3 is 2.93 bits per heavy atom. The molecule has 0 spiro atoms. The second-order valence-corrected chi connectivity index (χ2v) is 3.34. The predicted molar refractivity (Wildman–Crippen MR) is 62.4 cm³/mol. The largest absolute Gasteiger partial charge is 0.370 e. The Hall–Kier alpha value is -1.76. The van der Waals surface area contributed by atoms with Crippen molar-refractivity contribution in [3.8, 4) is 12.3 Å². The number of nitrogens with two attached hydrogens (primary N) is 1. The fourth-order valence-electron chi connectivity index (χ4n) is 1.25. The van der Waals surface area contributed by atoms with Crippen LogP contribution >= 0.6 is 0 Å². The zero-order valence-electron chi connectivity index (χ0n) is 8.95. The van der Waals surface area contributed by atoms with Gasteiger partial charge in [-0.1, -0.05) is 0 Å². The van der Waals surface area contributed by atoms with Crippen LogP contribution in [-0.2, 0) is 0 Å². The lowest BCUT2D eigenvalue weighted by atomic mass is 10.2. The van der Waals surface area contributed by atoms with Crippen molar-refractivity contribution in [3.05, 3.63) is 11.8 Å². The van der Waals surface area contributed by atoms with Crippen LogP contribution in [-0.4, -0.2) is 16.5 Å². The van der Waals surface area contributed by atoms with E-state index in [-0.39, 0.29) is 0 Å². The summed E-state index contributed by atoms with van der Waals surface area (Å²) < 4.78 is 0. The van der Waals surface area contributed by atoms with Crippen molar-refractivity contribution in [1.82, 2.24) is 9.97 Å². The van der Waals surface area contributed by atoms with Crippen molar-refractivity contribution in [2.45, 2.75) is 26.2 Å². The summed E-state index contributed by atoms with van der Waals surface area (Å²) in [4.78, 5) is 8.06. The number of aryl methyl sites for hydroxylation is 1. The quantitative estimate of drug-likeness (QED) is 0.564. The topological polar surface area (TPSA) is 63.8 Å². The van der Waals surface area contributed by atoms with Gasteiger partial charge in [-0.25, -0.2) is 4.98 Å². The number of anilines is 2. The van der Waals surface area contributed by atoms with E-state index in [9.17, 15) is 0 Å². The molecule has 0 saturated carbocycles. The smallest absolute Gasteiger partial charge is 0.222 e. The summed E-state index contributed by atoms with van der Waals surface area (Å²) in [5.41, 5.74) is 6.39. The van der Waals surface area contributed by atoms with E-state index in [0.717, 1.165) is 37.3 Å². The number of hydrogen-bond donors (Lipinski definition) is 2. The van der Waals surface area contributed by atoms with Gasteiger partial charge in [0.1, 0.15) is 5.82 Å². The molecule has 15 heavy (non-hydrogen) atoms. The van der Waals surface area contributed by atoms with Crippen LogP contribution in [0.1, 0.15) is 25.0 Å². The van der Waals surface area contributed by atoms with Gasteiger partial charge < -0.3 is 11.1 Å². The highest BCUT2D eigenvalue weighted by Crippen LogP contribution is 2.07. The van der Waals surface area contributed by atoms with Crippen LogP contribution in [0.4, 0.5) is 11.8 Å². The average molecular weight is 204 g/mol. The van der Waals surface area contributed by atoms with Gasteiger partial charge in [0.25, 0.3) is 0 Å². The van der Waals surface area contributed by atoms with Gasteiger partial charge in [0.2, 0.25) is 5.95 Å². The van der Waals surface area contributed by atoms with Gasteiger partial charge in [0, 0.05) is 24.7 Å². The van der Waals surface area contributed by atoms with Gasteiger partial charge in [-0.3, -0.25) is 0 Å². The van der Waals surface area contributed by atoms with Crippen LogP contribution in [0.2, 0.25) is 0 Å². The third kappa shape index (κ3) is 4.32. The number of hydrogen-bond acceptors (Lipinski definition) is 4. The highest BCUT2D eigenvalue weighted by molar-refractivity contribution is 5.39. The molecular weight excluding hydrogens is 188 g/mol. The van der Waals surface area contributed by atoms with Crippen LogP contribution in [0.25, 0.3) is 0 Å². The summed E-state index contributed by atoms with van der Waals surface area (Å²) in [6.07, 6.45) is 8.05. The first-order valence-corrected chi connectivity index (χ1v) is 5.01. The Kier molecular flexibility index (Phi) is 4.42. The molecule has 0 bridgehead atoms. The maximum Gasteiger partial charge on any atom is 0.222 e. The third-order valence-electron chi connectivity index (χ3n) is 1.93. The molecule has 0 fully saturated rings. The van der Waals surface area contributed by atoms with Crippen molar-refractivity contribution in [2.24, 2.45) is 0 Å². The molecule has 0 saturated heterocycles. The molecule has 0 atom stereocenters. The summed E-state index contributed by atoms with van der Waals surface area (Å²) in [5.74, 6) is 3.70. The van der Waals surface area contributed by atoms with Crippen molar-refractivity contribution in [1.29, 1.82) is 0 Å². The van der Waals surface area contributed by atoms with E-state index in [1.54, 1.807) is 0 Å². The second-order valence-electron chi connectivity index (χ2n) is 3.34. The van der Waals surface area contributed by atoms with E-state index in [2.05, 4.69) is 21.2 Å². The van der Waals surface area contributed by atoms with E-state index >= 15 is 0 Å². The Morgan fingerprint density at radius 1 is 1.47 bits per heavy atom. The first kappa shape index (κ1) is 11.3. The molecule has 3 N–H and O–H groups in total. The van der Waals surface area contributed by atoms with E-state index in [4.69, 9.17) is 12.2 Å². The molecule has 0 unspecified atom stereocenters. The van der Waals surface area contributed by atoms with Crippen LogP contribution < -0.4 is 11.1 Å². The lowest BCUT2D eigenvalue weighted by molar-refractivity contribution is 0.787. The summed E-state index contributed by atoms with van der Waals surface area (Å²) in [5, 5.41) is 3.19. The molecule has 0 aliphatic rings. The van der Waals surface area contributed by atoms with Crippen molar-refractivity contribution < 1.29 is 0 Å². The normalized spacial score (nSPS) is 9.60. The first-order valence-electron chi connectivity index (χ1n) is 5.01. The molecule has 0 radical (unpaired) electrons. The SMILES string of the molecule is C#CCCCCNc1cc(C)nc(N)n1. The first-order chi connectivity index (χ1) is 7.22. The molecule has 1 heterocycles. The molecule has 0 aliphatic carbocycles. The van der Waals surface area contributed by atoms with Crippen molar-refractivity contribution in [3.63, 3.8) is 0 Å². The number of nitrogen functional groups attached to an aromatic ring is 1. The summed E-state index contributed by atoms with van der Waals surface area (Å²) >= 11 is 0. The Bertz CT molecular complexity index is 334. The molecule has 80 valence electrons. The fourth-order valence-corrected chi connectivity index (χ4v) is 1.25. The Morgan fingerprint density at radius 2 is 2.27 bits per heavy atom. The fraction of sp³-hybridized carbons (Fsp3) is 0.455. The van der Waals surface area contributed by atoms with Gasteiger partial charge in [-0.05, 0) is 19.8 Å². The van der Waals surface area contributed by atoms with E-state index in [1.807, 2.05) is 13.0 Å². The number of nitrogens with one attached hydrogen (secondary N) is 1. The van der Waals surface area contributed by atoms with E-state index < -0.39 is 0 Å². The molecule has 1 rings (SSSR count). The molecule has 4 nitrogen and oxygen atoms in total. The lowest BCUT2D eigenvalue weighted by Crippen LogP contribution is -2.06. The number of aromatic nitrogens is 2. The minimum Gasteiger partial charge on any atom is -0.370 e. The van der Waals surface area contributed by atoms with Crippen molar-refractivity contribution in [2.75, 3.05) is 17.6 Å². The highest BCUT2D eigenvalue weighted by Gasteiger charge is 1.97. The molecule has 1 aromatic heterocycles.